The fourth-order valence-electron chi connectivity index (χ4n) is 4.97. The molecule has 0 aliphatic rings. The van der Waals surface area contributed by atoms with Crippen molar-refractivity contribution in [2.24, 2.45) is 0 Å². The summed E-state index contributed by atoms with van der Waals surface area (Å²) in [6.07, 6.45) is 0.192. The summed E-state index contributed by atoms with van der Waals surface area (Å²) in [5.41, 5.74) is 1.62. The second-order valence-electron chi connectivity index (χ2n) is 10.8. The largest absolute Gasteiger partial charge is 0.493 e. The molecular weight excluding hydrogens is 626 g/mol. The predicted molar refractivity (Wildman–Crippen MR) is 180 cm³/mol. The van der Waals surface area contributed by atoms with Gasteiger partial charge in [-0.3, -0.25) is 13.9 Å². The second kappa shape index (κ2) is 15.6. The molecule has 46 heavy (non-hydrogen) atoms. The van der Waals surface area contributed by atoms with Gasteiger partial charge in [-0.25, -0.2) is 8.42 Å². The second-order valence-corrected chi connectivity index (χ2v) is 13.1. The van der Waals surface area contributed by atoms with Crippen LogP contribution in [0.3, 0.4) is 0 Å². The van der Waals surface area contributed by atoms with Gasteiger partial charge in [-0.2, -0.15) is 0 Å². The summed E-state index contributed by atoms with van der Waals surface area (Å²) in [5.74, 6) is -0.299. The van der Waals surface area contributed by atoms with Crippen molar-refractivity contribution >= 4 is 39.1 Å². The van der Waals surface area contributed by atoms with Gasteiger partial charge in [0.05, 0.1) is 24.8 Å². The van der Waals surface area contributed by atoms with Gasteiger partial charge >= 0.3 is 0 Å². The lowest BCUT2D eigenvalue weighted by Gasteiger charge is -2.34. The summed E-state index contributed by atoms with van der Waals surface area (Å²) in [4.78, 5) is 29.8. The van der Waals surface area contributed by atoms with E-state index in [1.807, 2.05) is 44.2 Å². The van der Waals surface area contributed by atoms with Crippen molar-refractivity contribution in [1.82, 2.24) is 10.2 Å². The quantitative estimate of drug-likeness (QED) is 0.185. The molecule has 0 bridgehead atoms. The van der Waals surface area contributed by atoms with Gasteiger partial charge in [0, 0.05) is 30.1 Å². The Balaban J connectivity index is 1.84. The molecule has 0 saturated carbocycles. The standard InChI is InChI=1S/C35H38ClN3O6S/c1-25(2)37-35(41)31(21-26-13-7-5-8-14-26)38(23-27-15-11-12-18-30(27)36)34(40)24-39(46(42,43)29-16-9-6-10-17-29)28-19-20-32(44-3)33(22-28)45-4/h5-20,22,25,31H,21,23-24H2,1-4H3,(H,37,41)/t31-/m1/s1. The molecule has 0 radical (unpaired) electrons. The van der Waals surface area contributed by atoms with Crippen LogP contribution in [0.4, 0.5) is 5.69 Å². The average Bonchev–Trinajstić information content (AvgIpc) is 3.06. The van der Waals surface area contributed by atoms with Crippen molar-refractivity contribution < 1.29 is 27.5 Å². The number of rotatable bonds is 14. The minimum Gasteiger partial charge on any atom is -0.493 e. The lowest BCUT2D eigenvalue weighted by atomic mass is 10.0. The third-order valence-corrected chi connectivity index (χ3v) is 9.42. The fourth-order valence-corrected chi connectivity index (χ4v) is 6.60. The van der Waals surface area contributed by atoms with Crippen LogP contribution in [0.25, 0.3) is 0 Å². The summed E-state index contributed by atoms with van der Waals surface area (Å²) in [6, 6.07) is 27.7. The van der Waals surface area contributed by atoms with Crippen molar-refractivity contribution in [3.05, 3.63) is 119 Å². The molecule has 0 unspecified atom stereocenters. The van der Waals surface area contributed by atoms with Crippen LogP contribution in [0.1, 0.15) is 25.0 Å². The number of benzene rings is 4. The molecule has 1 N–H and O–H groups in total. The van der Waals surface area contributed by atoms with Gasteiger partial charge in [0.25, 0.3) is 10.0 Å². The van der Waals surface area contributed by atoms with Gasteiger partial charge in [-0.1, -0.05) is 78.3 Å². The molecule has 242 valence electrons. The van der Waals surface area contributed by atoms with E-state index in [9.17, 15) is 18.0 Å². The van der Waals surface area contributed by atoms with E-state index >= 15 is 0 Å². The molecule has 0 fully saturated rings. The maximum Gasteiger partial charge on any atom is 0.264 e. The summed E-state index contributed by atoms with van der Waals surface area (Å²) in [7, 11) is -1.36. The minimum atomic E-state index is -4.27. The van der Waals surface area contributed by atoms with E-state index in [1.54, 1.807) is 54.6 Å². The van der Waals surface area contributed by atoms with E-state index in [0.717, 1.165) is 9.87 Å². The molecule has 0 aromatic heterocycles. The Morgan fingerprint density at radius 3 is 2.04 bits per heavy atom. The Hall–Kier alpha value is -4.54. The molecule has 2 amide bonds. The molecule has 11 heteroatoms. The minimum absolute atomic E-state index is 0.00590. The monoisotopic (exact) mass is 663 g/mol. The van der Waals surface area contributed by atoms with Crippen LogP contribution in [-0.4, -0.2) is 58.0 Å². The van der Waals surface area contributed by atoms with E-state index in [1.165, 1.54) is 37.3 Å². The van der Waals surface area contributed by atoms with Crippen molar-refractivity contribution in [2.45, 2.75) is 43.8 Å². The normalized spacial score (nSPS) is 11.9. The van der Waals surface area contributed by atoms with Gasteiger partial charge in [-0.15, -0.1) is 0 Å². The average molecular weight is 664 g/mol. The first-order valence-electron chi connectivity index (χ1n) is 14.7. The highest BCUT2D eigenvalue weighted by Crippen LogP contribution is 2.34. The molecule has 9 nitrogen and oxygen atoms in total. The third-order valence-electron chi connectivity index (χ3n) is 7.27. The third kappa shape index (κ3) is 8.38. The first-order valence-corrected chi connectivity index (χ1v) is 16.5. The number of hydrogen-bond acceptors (Lipinski definition) is 6. The Morgan fingerprint density at radius 1 is 0.826 bits per heavy atom. The fraction of sp³-hybridized carbons (Fsp3) is 0.257. The van der Waals surface area contributed by atoms with Crippen LogP contribution in [-0.2, 0) is 32.6 Å². The van der Waals surface area contributed by atoms with Gasteiger partial charge < -0.3 is 19.7 Å². The number of ether oxygens (including phenoxy) is 2. The summed E-state index contributed by atoms with van der Waals surface area (Å²) in [5, 5.41) is 3.35. The summed E-state index contributed by atoms with van der Waals surface area (Å²) in [6.45, 7) is 3.02. The van der Waals surface area contributed by atoms with Crippen LogP contribution in [0.2, 0.25) is 5.02 Å². The van der Waals surface area contributed by atoms with Crippen molar-refractivity contribution in [2.75, 3.05) is 25.1 Å². The van der Waals surface area contributed by atoms with Crippen LogP contribution < -0.4 is 19.1 Å². The Kier molecular flexibility index (Phi) is 11.7. The zero-order valence-electron chi connectivity index (χ0n) is 26.2. The summed E-state index contributed by atoms with van der Waals surface area (Å²) >= 11 is 6.55. The van der Waals surface area contributed by atoms with Crippen LogP contribution in [0.15, 0.2) is 108 Å². The van der Waals surface area contributed by atoms with Gasteiger partial charge in [0.1, 0.15) is 12.6 Å². The van der Waals surface area contributed by atoms with Crippen molar-refractivity contribution in [3.8, 4) is 11.5 Å². The van der Waals surface area contributed by atoms with E-state index in [-0.39, 0.29) is 41.2 Å². The van der Waals surface area contributed by atoms with Crippen molar-refractivity contribution in [1.29, 1.82) is 0 Å². The number of hydrogen-bond donors (Lipinski definition) is 1. The molecule has 1 atom stereocenters. The molecule has 0 heterocycles. The van der Waals surface area contributed by atoms with Crippen LogP contribution in [0.5, 0.6) is 11.5 Å². The summed E-state index contributed by atoms with van der Waals surface area (Å²) < 4.78 is 40.2. The first-order chi connectivity index (χ1) is 22.0. The first kappa shape index (κ1) is 34.3. The lowest BCUT2D eigenvalue weighted by Crippen LogP contribution is -2.54. The number of methoxy groups -OCH3 is 2. The zero-order chi connectivity index (χ0) is 33.3. The van der Waals surface area contributed by atoms with Gasteiger partial charge in [-0.05, 0) is 55.3 Å². The highest BCUT2D eigenvalue weighted by atomic mass is 35.5. The van der Waals surface area contributed by atoms with Crippen LogP contribution >= 0.6 is 11.6 Å². The Labute approximate surface area is 275 Å². The number of carbonyl (C=O) groups excluding carboxylic acids is 2. The smallest absolute Gasteiger partial charge is 0.264 e. The van der Waals surface area contributed by atoms with E-state index < -0.39 is 28.5 Å². The molecule has 4 rings (SSSR count). The SMILES string of the molecule is COc1ccc(N(CC(=O)N(Cc2ccccc2Cl)[C@H](Cc2ccccc2)C(=O)NC(C)C)S(=O)(=O)c2ccccc2)cc1OC. The number of amides is 2. The highest BCUT2D eigenvalue weighted by Gasteiger charge is 2.35. The zero-order valence-corrected chi connectivity index (χ0v) is 27.8. The van der Waals surface area contributed by atoms with E-state index in [0.29, 0.717) is 16.3 Å². The van der Waals surface area contributed by atoms with E-state index in [2.05, 4.69) is 5.32 Å². The Morgan fingerprint density at radius 2 is 1.43 bits per heavy atom. The Bertz CT molecular complexity index is 1740. The number of nitrogens with zero attached hydrogens (tertiary/aromatic N) is 2. The highest BCUT2D eigenvalue weighted by molar-refractivity contribution is 7.92. The number of halogens is 1. The van der Waals surface area contributed by atoms with Gasteiger partial charge in [0.15, 0.2) is 11.5 Å². The maximum absolute atomic E-state index is 14.6. The topological polar surface area (TPSA) is 105 Å². The predicted octanol–water partition coefficient (Wildman–Crippen LogP) is 5.72. The number of nitrogens with one attached hydrogen (secondary N) is 1. The molecule has 0 saturated heterocycles. The molecule has 4 aromatic rings. The molecular formula is C35H38ClN3O6S. The molecule has 0 spiro atoms. The van der Waals surface area contributed by atoms with Crippen LogP contribution in [0, 0.1) is 0 Å². The maximum atomic E-state index is 14.6. The number of sulfonamides is 1. The molecule has 0 aliphatic carbocycles. The number of anilines is 1. The lowest BCUT2D eigenvalue weighted by molar-refractivity contribution is -0.140. The van der Waals surface area contributed by atoms with E-state index in [4.69, 9.17) is 21.1 Å². The van der Waals surface area contributed by atoms with Crippen molar-refractivity contribution in [3.63, 3.8) is 0 Å². The number of carbonyl (C=O) groups is 2. The van der Waals surface area contributed by atoms with Gasteiger partial charge in [0.2, 0.25) is 11.8 Å². The molecule has 4 aromatic carbocycles. The molecule has 0 aliphatic heterocycles.